The largest absolute Gasteiger partial charge is 0.495 e. The van der Waals surface area contributed by atoms with Crippen LogP contribution >= 0.6 is 0 Å². The molecule has 2 aromatic carbocycles. The van der Waals surface area contributed by atoms with Crippen molar-refractivity contribution in [2.24, 2.45) is 0 Å². The molecular weight excluding hydrogens is 397 g/mol. The molecule has 1 saturated heterocycles. The second-order valence-electron chi connectivity index (χ2n) is 7.25. The molecule has 31 heavy (non-hydrogen) atoms. The van der Waals surface area contributed by atoms with Crippen LogP contribution in [0.3, 0.4) is 0 Å². The molecule has 1 aliphatic heterocycles. The number of H-pyrrole nitrogens is 1. The predicted molar refractivity (Wildman–Crippen MR) is 119 cm³/mol. The minimum atomic E-state index is -0.284. The molecule has 0 bridgehead atoms. The van der Waals surface area contributed by atoms with E-state index in [1.807, 2.05) is 18.2 Å². The van der Waals surface area contributed by atoms with Gasteiger partial charge in [0.1, 0.15) is 17.1 Å². The number of piperazine rings is 1. The summed E-state index contributed by atoms with van der Waals surface area (Å²) in [5, 5.41) is 3.25. The third-order valence-corrected chi connectivity index (χ3v) is 5.37. The van der Waals surface area contributed by atoms with Crippen LogP contribution in [0, 0.1) is 5.82 Å². The van der Waals surface area contributed by atoms with E-state index in [2.05, 4.69) is 36.1 Å². The van der Waals surface area contributed by atoms with Crippen molar-refractivity contribution < 1.29 is 9.13 Å². The Labute approximate surface area is 178 Å². The number of hydrogen-bond acceptors (Lipinski definition) is 7. The SMILES string of the molecule is COc1ccccc1N1CCN(c2nc(Nc3ccc(F)cc3)c3[nH]cnc3n2)CC1. The number of halogens is 1. The molecule has 1 aliphatic rings. The lowest BCUT2D eigenvalue weighted by molar-refractivity contribution is 0.413. The van der Waals surface area contributed by atoms with Gasteiger partial charge in [0.05, 0.1) is 19.1 Å². The Morgan fingerprint density at radius 2 is 1.71 bits per heavy atom. The molecule has 3 heterocycles. The Morgan fingerprint density at radius 1 is 0.968 bits per heavy atom. The number of rotatable bonds is 5. The molecular formula is C22H22FN7O. The summed E-state index contributed by atoms with van der Waals surface area (Å²) >= 11 is 0. The van der Waals surface area contributed by atoms with Gasteiger partial charge in [0.2, 0.25) is 5.95 Å². The Bertz CT molecular complexity index is 1190. The lowest BCUT2D eigenvalue weighted by Gasteiger charge is -2.36. The first-order valence-corrected chi connectivity index (χ1v) is 10.1. The molecule has 2 N–H and O–H groups in total. The highest BCUT2D eigenvalue weighted by molar-refractivity contribution is 5.86. The van der Waals surface area contributed by atoms with Gasteiger partial charge in [-0.3, -0.25) is 0 Å². The first kappa shape index (κ1) is 19.1. The van der Waals surface area contributed by atoms with Crippen LogP contribution < -0.4 is 19.9 Å². The third-order valence-electron chi connectivity index (χ3n) is 5.37. The van der Waals surface area contributed by atoms with Crippen LogP contribution in [-0.2, 0) is 0 Å². The minimum absolute atomic E-state index is 0.284. The van der Waals surface area contributed by atoms with Crippen LogP contribution in [0.15, 0.2) is 54.9 Å². The molecule has 0 atom stereocenters. The van der Waals surface area contributed by atoms with Gasteiger partial charge in [0.25, 0.3) is 0 Å². The molecule has 158 valence electrons. The van der Waals surface area contributed by atoms with E-state index in [0.717, 1.165) is 43.3 Å². The molecule has 0 radical (unpaired) electrons. The second kappa shape index (κ2) is 8.10. The summed E-state index contributed by atoms with van der Waals surface area (Å²) in [4.78, 5) is 21.2. The Hall–Kier alpha value is -3.88. The van der Waals surface area contributed by atoms with Crippen LogP contribution in [0.2, 0.25) is 0 Å². The highest BCUT2D eigenvalue weighted by Gasteiger charge is 2.23. The fraction of sp³-hybridized carbons (Fsp3) is 0.227. The normalized spacial score (nSPS) is 14.1. The summed E-state index contributed by atoms with van der Waals surface area (Å²) in [6, 6.07) is 14.2. The first-order chi connectivity index (χ1) is 15.2. The van der Waals surface area contributed by atoms with Crippen molar-refractivity contribution in [1.82, 2.24) is 19.9 Å². The predicted octanol–water partition coefficient (Wildman–Crippen LogP) is 3.57. The highest BCUT2D eigenvalue weighted by Crippen LogP contribution is 2.30. The number of ether oxygens (including phenoxy) is 1. The lowest BCUT2D eigenvalue weighted by Crippen LogP contribution is -2.47. The Morgan fingerprint density at radius 3 is 2.48 bits per heavy atom. The van der Waals surface area contributed by atoms with Crippen molar-refractivity contribution in [2.75, 3.05) is 48.4 Å². The highest BCUT2D eigenvalue weighted by atomic mass is 19.1. The maximum Gasteiger partial charge on any atom is 0.229 e. The van der Waals surface area contributed by atoms with Crippen molar-refractivity contribution in [3.63, 3.8) is 0 Å². The Kier molecular flexibility index (Phi) is 4.99. The average Bonchev–Trinajstić information content (AvgIpc) is 3.30. The van der Waals surface area contributed by atoms with Gasteiger partial charge in [-0.25, -0.2) is 9.37 Å². The van der Waals surface area contributed by atoms with Crippen LogP contribution in [0.25, 0.3) is 11.2 Å². The van der Waals surface area contributed by atoms with Gasteiger partial charge in [-0.05, 0) is 36.4 Å². The van der Waals surface area contributed by atoms with Crippen LogP contribution in [0.4, 0.5) is 27.5 Å². The summed E-state index contributed by atoms with van der Waals surface area (Å²) < 4.78 is 18.8. The molecule has 5 rings (SSSR count). The molecule has 0 unspecified atom stereocenters. The number of methoxy groups -OCH3 is 1. The van der Waals surface area contributed by atoms with E-state index >= 15 is 0 Å². The summed E-state index contributed by atoms with van der Waals surface area (Å²) in [7, 11) is 1.69. The van der Waals surface area contributed by atoms with E-state index < -0.39 is 0 Å². The van der Waals surface area contributed by atoms with Crippen molar-refractivity contribution in [3.8, 4) is 5.75 Å². The van der Waals surface area contributed by atoms with E-state index in [1.165, 1.54) is 12.1 Å². The number of nitrogens with zero attached hydrogens (tertiary/aromatic N) is 5. The number of aromatic nitrogens is 4. The van der Waals surface area contributed by atoms with E-state index in [9.17, 15) is 4.39 Å². The van der Waals surface area contributed by atoms with Gasteiger partial charge < -0.3 is 24.8 Å². The minimum Gasteiger partial charge on any atom is -0.495 e. The number of aromatic amines is 1. The van der Waals surface area contributed by atoms with Crippen molar-refractivity contribution in [1.29, 1.82) is 0 Å². The summed E-state index contributed by atoms with van der Waals surface area (Å²) in [6.07, 6.45) is 1.60. The van der Waals surface area contributed by atoms with Crippen molar-refractivity contribution in [3.05, 3.63) is 60.7 Å². The van der Waals surface area contributed by atoms with E-state index in [0.29, 0.717) is 22.9 Å². The van der Waals surface area contributed by atoms with Crippen LogP contribution in [0.1, 0.15) is 0 Å². The third kappa shape index (κ3) is 3.81. The quantitative estimate of drug-likeness (QED) is 0.512. The molecule has 9 heteroatoms. The summed E-state index contributed by atoms with van der Waals surface area (Å²) in [5.74, 6) is 1.81. The van der Waals surface area contributed by atoms with Gasteiger partial charge in [-0.2, -0.15) is 9.97 Å². The van der Waals surface area contributed by atoms with Gasteiger partial charge in [-0.1, -0.05) is 12.1 Å². The van der Waals surface area contributed by atoms with Gasteiger partial charge in [-0.15, -0.1) is 0 Å². The first-order valence-electron chi connectivity index (χ1n) is 10.1. The number of imidazole rings is 1. The standard InChI is InChI=1S/C22H22FN7O/c1-31-18-5-3-2-4-17(18)29-10-12-30(13-11-29)22-27-20-19(24-14-25-20)21(28-22)26-16-8-6-15(23)7-9-16/h2-9,14H,10-13H2,1H3,(H2,24,25,26,27,28). The maximum absolute atomic E-state index is 13.2. The second-order valence-corrected chi connectivity index (χ2v) is 7.25. The number of anilines is 4. The zero-order valence-corrected chi connectivity index (χ0v) is 17.0. The maximum atomic E-state index is 13.2. The summed E-state index contributed by atoms with van der Waals surface area (Å²) in [5.41, 5.74) is 3.12. The van der Waals surface area contributed by atoms with Gasteiger partial charge in [0, 0.05) is 31.9 Å². The average molecular weight is 419 g/mol. The zero-order chi connectivity index (χ0) is 21.2. The smallest absolute Gasteiger partial charge is 0.229 e. The zero-order valence-electron chi connectivity index (χ0n) is 17.0. The van der Waals surface area contributed by atoms with Crippen molar-refractivity contribution >= 4 is 34.3 Å². The van der Waals surface area contributed by atoms with Crippen LogP contribution in [-0.4, -0.2) is 53.2 Å². The number of fused-ring (bicyclic) bond motifs is 1. The monoisotopic (exact) mass is 419 g/mol. The summed E-state index contributed by atoms with van der Waals surface area (Å²) in [6.45, 7) is 3.18. The molecule has 4 aromatic rings. The number of hydrogen-bond donors (Lipinski definition) is 2. The number of nitrogens with one attached hydrogen (secondary N) is 2. The lowest BCUT2D eigenvalue weighted by atomic mass is 10.2. The number of benzene rings is 2. The van der Waals surface area contributed by atoms with Crippen molar-refractivity contribution in [2.45, 2.75) is 0 Å². The fourth-order valence-electron chi connectivity index (χ4n) is 3.76. The Balaban J connectivity index is 1.38. The topological polar surface area (TPSA) is 82.2 Å². The molecule has 0 saturated carbocycles. The van der Waals surface area contributed by atoms with Gasteiger partial charge in [0.15, 0.2) is 11.5 Å². The van der Waals surface area contributed by atoms with Gasteiger partial charge >= 0.3 is 0 Å². The molecule has 2 aromatic heterocycles. The molecule has 8 nitrogen and oxygen atoms in total. The molecule has 0 aliphatic carbocycles. The molecule has 0 spiro atoms. The van der Waals surface area contributed by atoms with Crippen LogP contribution in [0.5, 0.6) is 5.75 Å². The van der Waals surface area contributed by atoms with E-state index in [1.54, 1.807) is 25.6 Å². The fourth-order valence-corrected chi connectivity index (χ4v) is 3.76. The van der Waals surface area contributed by atoms with E-state index in [-0.39, 0.29) is 5.82 Å². The molecule has 0 amide bonds. The molecule has 1 fully saturated rings. The number of para-hydroxylation sites is 2. The van der Waals surface area contributed by atoms with E-state index in [4.69, 9.17) is 9.72 Å².